The zero-order valence-corrected chi connectivity index (χ0v) is 6.52. The summed E-state index contributed by atoms with van der Waals surface area (Å²) >= 11 is 0. The van der Waals surface area contributed by atoms with Crippen LogP contribution < -0.4 is 0 Å². The maximum absolute atomic E-state index is 9.43. The molecule has 0 radical (unpaired) electrons. The Bertz CT molecular complexity index is 95.1. The molecule has 0 aliphatic heterocycles. The van der Waals surface area contributed by atoms with E-state index in [9.17, 15) is 5.11 Å². The topological polar surface area (TPSA) is 20.2 Å². The molecule has 2 atom stereocenters. The van der Waals surface area contributed by atoms with Crippen molar-refractivity contribution in [1.29, 1.82) is 0 Å². The molecule has 0 amide bonds. The van der Waals surface area contributed by atoms with Crippen molar-refractivity contribution < 1.29 is 5.11 Å². The molecular formula is C8H16O. The molecule has 0 bridgehead atoms. The Kier molecular flexibility index (Phi) is 1.55. The van der Waals surface area contributed by atoms with Gasteiger partial charge in [-0.1, -0.05) is 20.8 Å². The maximum atomic E-state index is 9.43. The fraction of sp³-hybridized carbons (Fsp3) is 1.00. The average molecular weight is 128 g/mol. The Balaban J connectivity index is 2.66. The molecule has 2 unspecified atom stereocenters. The lowest BCUT2D eigenvalue weighted by molar-refractivity contribution is 0.0589. The molecule has 1 aliphatic rings. The van der Waals surface area contributed by atoms with Gasteiger partial charge in [0.05, 0.1) is 6.10 Å². The van der Waals surface area contributed by atoms with Crippen LogP contribution in [0.2, 0.25) is 0 Å². The van der Waals surface area contributed by atoms with Crippen molar-refractivity contribution in [2.45, 2.75) is 39.7 Å². The van der Waals surface area contributed by atoms with Crippen LogP contribution in [-0.4, -0.2) is 11.2 Å². The SMILES string of the molecule is CC1CCC(O)C1(C)C. The predicted octanol–water partition coefficient (Wildman–Crippen LogP) is 1.80. The van der Waals surface area contributed by atoms with E-state index in [-0.39, 0.29) is 11.5 Å². The minimum absolute atomic E-state index is 0.0625. The van der Waals surface area contributed by atoms with E-state index >= 15 is 0 Å². The summed E-state index contributed by atoms with van der Waals surface area (Å²) in [5, 5.41) is 9.43. The van der Waals surface area contributed by atoms with E-state index in [4.69, 9.17) is 0 Å². The first-order valence-electron chi connectivity index (χ1n) is 3.73. The van der Waals surface area contributed by atoms with Gasteiger partial charge in [-0.05, 0) is 24.2 Å². The van der Waals surface area contributed by atoms with Crippen LogP contribution in [0.1, 0.15) is 33.6 Å². The summed E-state index contributed by atoms with van der Waals surface area (Å²) in [7, 11) is 0. The number of hydrogen-bond acceptors (Lipinski definition) is 1. The molecule has 1 fully saturated rings. The van der Waals surface area contributed by atoms with E-state index in [1.54, 1.807) is 0 Å². The van der Waals surface area contributed by atoms with Crippen LogP contribution in [0.15, 0.2) is 0 Å². The molecule has 1 saturated carbocycles. The second-order valence-corrected chi connectivity index (χ2v) is 3.82. The molecule has 1 nitrogen and oxygen atoms in total. The number of rotatable bonds is 0. The Labute approximate surface area is 57.1 Å². The van der Waals surface area contributed by atoms with Crippen molar-refractivity contribution in [1.82, 2.24) is 0 Å². The third-order valence-corrected chi connectivity index (χ3v) is 3.00. The fourth-order valence-corrected chi connectivity index (χ4v) is 1.48. The van der Waals surface area contributed by atoms with Gasteiger partial charge in [0.25, 0.3) is 0 Å². The normalized spacial score (nSPS) is 41.3. The molecule has 1 heteroatoms. The maximum Gasteiger partial charge on any atom is 0.0593 e. The van der Waals surface area contributed by atoms with Crippen LogP contribution in [0.3, 0.4) is 0 Å². The zero-order chi connectivity index (χ0) is 7.07. The molecule has 9 heavy (non-hydrogen) atoms. The van der Waals surface area contributed by atoms with Crippen molar-refractivity contribution in [3.05, 3.63) is 0 Å². The molecule has 0 aromatic rings. The third-order valence-electron chi connectivity index (χ3n) is 3.00. The summed E-state index contributed by atoms with van der Waals surface area (Å²) in [6.07, 6.45) is 2.12. The summed E-state index contributed by atoms with van der Waals surface area (Å²) in [4.78, 5) is 0. The highest BCUT2D eigenvalue weighted by Crippen LogP contribution is 2.42. The van der Waals surface area contributed by atoms with Gasteiger partial charge in [-0.3, -0.25) is 0 Å². The highest BCUT2D eigenvalue weighted by Gasteiger charge is 2.38. The molecule has 1 aliphatic carbocycles. The number of hydrogen-bond donors (Lipinski definition) is 1. The van der Waals surface area contributed by atoms with Crippen LogP contribution >= 0.6 is 0 Å². The fourth-order valence-electron chi connectivity index (χ4n) is 1.48. The van der Waals surface area contributed by atoms with Crippen molar-refractivity contribution >= 4 is 0 Å². The monoisotopic (exact) mass is 128 g/mol. The highest BCUT2D eigenvalue weighted by molar-refractivity contribution is 4.89. The number of aliphatic hydroxyl groups is 1. The molecule has 0 saturated heterocycles. The van der Waals surface area contributed by atoms with Crippen molar-refractivity contribution in [2.24, 2.45) is 11.3 Å². The lowest BCUT2D eigenvalue weighted by Gasteiger charge is -2.27. The first-order valence-corrected chi connectivity index (χ1v) is 3.73. The standard InChI is InChI=1S/C8H16O/c1-6-4-5-7(9)8(6,2)3/h6-7,9H,4-5H2,1-3H3. The molecule has 54 valence electrons. The van der Waals surface area contributed by atoms with Gasteiger partial charge in [0.15, 0.2) is 0 Å². The first kappa shape index (κ1) is 7.07. The zero-order valence-electron chi connectivity index (χ0n) is 6.52. The predicted molar refractivity (Wildman–Crippen MR) is 38.2 cm³/mol. The van der Waals surface area contributed by atoms with Gasteiger partial charge in [-0.15, -0.1) is 0 Å². The van der Waals surface area contributed by atoms with E-state index in [0.29, 0.717) is 5.92 Å². The van der Waals surface area contributed by atoms with Gasteiger partial charge < -0.3 is 5.11 Å². The summed E-state index contributed by atoms with van der Waals surface area (Å²) in [5.74, 6) is 0.687. The molecule has 1 N–H and O–H groups in total. The van der Waals surface area contributed by atoms with E-state index in [2.05, 4.69) is 20.8 Å². The van der Waals surface area contributed by atoms with Crippen molar-refractivity contribution in [3.8, 4) is 0 Å². The van der Waals surface area contributed by atoms with Crippen LogP contribution in [0.4, 0.5) is 0 Å². The average Bonchev–Trinajstić information content (AvgIpc) is 1.96. The van der Waals surface area contributed by atoms with Crippen LogP contribution in [0.25, 0.3) is 0 Å². The molecule has 0 spiro atoms. The van der Waals surface area contributed by atoms with Gasteiger partial charge >= 0.3 is 0 Å². The Morgan fingerprint density at radius 1 is 1.33 bits per heavy atom. The summed E-state index contributed by atoms with van der Waals surface area (Å²) in [6.45, 7) is 6.51. The van der Waals surface area contributed by atoms with Crippen molar-refractivity contribution in [3.63, 3.8) is 0 Å². The van der Waals surface area contributed by atoms with Gasteiger partial charge in [0, 0.05) is 0 Å². The van der Waals surface area contributed by atoms with Gasteiger partial charge in [-0.25, -0.2) is 0 Å². The van der Waals surface area contributed by atoms with E-state index in [1.807, 2.05) is 0 Å². The van der Waals surface area contributed by atoms with Gasteiger partial charge in [-0.2, -0.15) is 0 Å². The lowest BCUT2D eigenvalue weighted by atomic mass is 9.82. The van der Waals surface area contributed by atoms with Crippen LogP contribution in [-0.2, 0) is 0 Å². The Morgan fingerprint density at radius 2 is 1.89 bits per heavy atom. The lowest BCUT2D eigenvalue weighted by Crippen LogP contribution is -2.27. The Morgan fingerprint density at radius 3 is 2.00 bits per heavy atom. The smallest absolute Gasteiger partial charge is 0.0593 e. The second kappa shape index (κ2) is 1.98. The third kappa shape index (κ3) is 0.983. The van der Waals surface area contributed by atoms with Crippen LogP contribution in [0, 0.1) is 11.3 Å². The Hall–Kier alpha value is -0.0400. The molecular weight excluding hydrogens is 112 g/mol. The molecule has 0 heterocycles. The summed E-state index contributed by atoms with van der Waals surface area (Å²) in [5.41, 5.74) is 0.167. The van der Waals surface area contributed by atoms with Gasteiger partial charge in [0.2, 0.25) is 0 Å². The minimum Gasteiger partial charge on any atom is -0.393 e. The van der Waals surface area contributed by atoms with E-state index in [0.717, 1.165) is 6.42 Å². The largest absolute Gasteiger partial charge is 0.393 e. The summed E-state index contributed by atoms with van der Waals surface area (Å²) < 4.78 is 0. The van der Waals surface area contributed by atoms with Gasteiger partial charge in [0.1, 0.15) is 0 Å². The molecule has 0 aromatic carbocycles. The highest BCUT2D eigenvalue weighted by atomic mass is 16.3. The van der Waals surface area contributed by atoms with Crippen molar-refractivity contribution in [2.75, 3.05) is 0 Å². The minimum atomic E-state index is -0.0625. The summed E-state index contributed by atoms with van der Waals surface area (Å²) in [6, 6.07) is 0. The van der Waals surface area contributed by atoms with Crippen LogP contribution in [0.5, 0.6) is 0 Å². The quantitative estimate of drug-likeness (QED) is 0.527. The molecule has 1 rings (SSSR count). The first-order chi connectivity index (χ1) is 4.05. The molecule has 0 aromatic heterocycles. The van der Waals surface area contributed by atoms with E-state index < -0.39 is 0 Å². The second-order valence-electron chi connectivity index (χ2n) is 3.82. The van der Waals surface area contributed by atoms with E-state index in [1.165, 1.54) is 6.42 Å². The number of aliphatic hydroxyl groups excluding tert-OH is 1.